The lowest BCUT2D eigenvalue weighted by Crippen LogP contribution is -2.51. The molecule has 0 amide bonds. The maximum atomic E-state index is 9.50. The smallest absolute Gasteiger partial charge is 0.119 e. The van der Waals surface area contributed by atoms with E-state index in [1.165, 1.54) is 18.4 Å². The molecular weight excluding hydrogens is 226 g/mol. The summed E-state index contributed by atoms with van der Waals surface area (Å²) in [6.07, 6.45) is 3.43. The molecule has 1 aliphatic rings. The largest absolute Gasteiger partial charge is 0.492 e. The minimum atomic E-state index is -0.344. The summed E-state index contributed by atoms with van der Waals surface area (Å²) in [6, 6.07) is 8.70. The van der Waals surface area contributed by atoms with Crippen molar-refractivity contribution in [2.24, 2.45) is 0 Å². The summed E-state index contributed by atoms with van der Waals surface area (Å²) in [5.41, 5.74) is 0.928. The van der Waals surface area contributed by atoms with Crippen LogP contribution in [0.25, 0.3) is 0 Å². The van der Waals surface area contributed by atoms with Crippen LogP contribution in [0.3, 0.4) is 0 Å². The Kier molecular flexibility index (Phi) is 4.25. The summed E-state index contributed by atoms with van der Waals surface area (Å²) in [7, 11) is 0. The Balaban J connectivity index is 1.91. The molecule has 1 aliphatic carbocycles. The van der Waals surface area contributed by atoms with Gasteiger partial charge in [-0.05, 0) is 43.9 Å². The van der Waals surface area contributed by atoms with E-state index in [0.717, 1.165) is 12.2 Å². The number of hydrogen-bond donors (Lipinski definition) is 2. The van der Waals surface area contributed by atoms with E-state index in [1.807, 2.05) is 19.1 Å². The van der Waals surface area contributed by atoms with Crippen molar-refractivity contribution in [3.8, 4) is 5.75 Å². The maximum Gasteiger partial charge on any atom is 0.119 e. The number of aryl methyl sites for hydroxylation is 1. The molecule has 2 rings (SSSR count). The SMILES string of the molecule is CCc1cccc(OCC(C)(CO)NC2CC2)c1. The van der Waals surface area contributed by atoms with Crippen molar-refractivity contribution in [3.63, 3.8) is 0 Å². The molecule has 0 bridgehead atoms. The third-order valence-corrected chi connectivity index (χ3v) is 3.34. The van der Waals surface area contributed by atoms with E-state index in [1.54, 1.807) is 0 Å². The zero-order valence-electron chi connectivity index (χ0n) is 11.3. The van der Waals surface area contributed by atoms with Crippen molar-refractivity contribution < 1.29 is 9.84 Å². The molecule has 3 heteroatoms. The zero-order valence-corrected chi connectivity index (χ0v) is 11.3. The first kappa shape index (κ1) is 13.4. The van der Waals surface area contributed by atoms with Gasteiger partial charge >= 0.3 is 0 Å². The van der Waals surface area contributed by atoms with E-state index < -0.39 is 0 Å². The molecule has 1 fully saturated rings. The molecule has 1 aromatic carbocycles. The van der Waals surface area contributed by atoms with E-state index in [9.17, 15) is 5.11 Å². The molecule has 0 spiro atoms. The molecule has 2 N–H and O–H groups in total. The van der Waals surface area contributed by atoms with Crippen LogP contribution in [-0.2, 0) is 6.42 Å². The number of aliphatic hydroxyl groups is 1. The van der Waals surface area contributed by atoms with Crippen LogP contribution in [0.2, 0.25) is 0 Å². The second-order valence-corrected chi connectivity index (χ2v) is 5.43. The van der Waals surface area contributed by atoms with Gasteiger partial charge in [-0.25, -0.2) is 0 Å². The summed E-state index contributed by atoms with van der Waals surface area (Å²) in [4.78, 5) is 0. The number of nitrogens with one attached hydrogen (secondary N) is 1. The molecule has 0 radical (unpaired) electrons. The highest BCUT2D eigenvalue weighted by Crippen LogP contribution is 2.23. The first-order chi connectivity index (χ1) is 8.65. The second kappa shape index (κ2) is 5.72. The minimum Gasteiger partial charge on any atom is -0.492 e. The summed E-state index contributed by atoms with van der Waals surface area (Å²) >= 11 is 0. The fourth-order valence-corrected chi connectivity index (χ4v) is 1.95. The van der Waals surface area contributed by atoms with Crippen LogP contribution in [0.1, 0.15) is 32.3 Å². The average Bonchev–Trinajstić information content (AvgIpc) is 3.20. The normalized spacial score (nSPS) is 18.4. The molecule has 3 nitrogen and oxygen atoms in total. The number of hydrogen-bond acceptors (Lipinski definition) is 3. The predicted octanol–water partition coefficient (Wildman–Crippen LogP) is 2.13. The van der Waals surface area contributed by atoms with Gasteiger partial charge in [0.05, 0.1) is 12.1 Å². The van der Waals surface area contributed by atoms with Gasteiger partial charge in [0, 0.05) is 6.04 Å². The van der Waals surface area contributed by atoms with Crippen molar-refractivity contribution in [2.45, 2.75) is 44.7 Å². The van der Waals surface area contributed by atoms with E-state index >= 15 is 0 Å². The molecule has 1 saturated carbocycles. The van der Waals surface area contributed by atoms with Crippen molar-refractivity contribution in [2.75, 3.05) is 13.2 Å². The zero-order chi connectivity index (χ0) is 13.0. The first-order valence-corrected chi connectivity index (χ1v) is 6.75. The van der Waals surface area contributed by atoms with Crippen molar-refractivity contribution in [3.05, 3.63) is 29.8 Å². The van der Waals surface area contributed by atoms with Crippen LogP contribution >= 0.6 is 0 Å². The Bertz CT molecular complexity index is 390. The highest BCUT2D eigenvalue weighted by molar-refractivity contribution is 5.28. The Morgan fingerprint density at radius 2 is 2.22 bits per heavy atom. The van der Waals surface area contributed by atoms with Gasteiger partial charge in [0.15, 0.2) is 0 Å². The Morgan fingerprint density at radius 1 is 1.44 bits per heavy atom. The monoisotopic (exact) mass is 249 g/mol. The van der Waals surface area contributed by atoms with Crippen molar-refractivity contribution >= 4 is 0 Å². The van der Waals surface area contributed by atoms with E-state index in [4.69, 9.17) is 4.74 Å². The number of rotatable bonds is 7. The van der Waals surface area contributed by atoms with Crippen LogP contribution in [0.15, 0.2) is 24.3 Å². The highest BCUT2D eigenvalue weighted by atomic mass is 16.5. The molecular formula is C15H23NO2. The summed E-state index contributed by atoms with van der Waals surface area (Å²) in [5, 5.41) is 12.9. The lowest BCUT2D eigenvalue weighted by Gasteiger charge is -2.28. The van der Waals surface area contributed by atoms with Gasteiger partial charge in [0.2, 0.25) is 0 Å². The maximum absolute atomic E-state index is 9.50. The standard InChI is InChI=1S/C15H23NO2/c1-3-12-5-4-6-14(9-12)18-11-15(2,10-17)16-13-7-8-13/h4-6,9,13,16-17H,3,7-8,10-11H2,1-2H3. The third kappa shape index (κ3) is 3.72. The van der Waals surface area contributed by atoms with E-state index in [-0.39, 0.29) is 12.1 Å². The lowest BCUT2D eigenvalue weighted by atomic mass is 10.1. The summed E-state index contributed by atoms with van der Waals surface area (Å²) < 4.78 is 5.81. The number of aliphatic hydroxyl groups excluding tert-OH is 1. The van der Waals surface area contributed by atoms with Gasteiger partial charge in [0.1, 0.15) is 12.4 Å². The molecule has 1 aromatic rings. The van der Waals surface area contributed by atoms with Gasteiger partial charge in [0.25, 0.3) is 0 Å². The fourth-order valence-electron chi connectivity index (χ4n) is 1.95. The Hall–Kier alpha value is -1.06. The van der Waals surface area contributed by atoms with Gasteiger partial charge in [-0.15, -0.1) is 0 Å². The van der Waals surface area contributed by atoms with E-state index in [0.29, 0.717) is 12.6 Å². The van der Waals surface area contributed by atoms with Crippen LogP contribution in [0, 0.1) is 0 Å². The lowest BCUT2D eigenvalue weighted by molar-refractivity contribution is 0.114. The fraction of sp³-hybridized carbons (Fsp3) is 0.600. The number of ether oxygens (including phenoxy) is 1. The second-order valence-electron chi connectivity index (χ2n) is 5.43. The van der Waals surface area contributed by atoms with Gasteiger partial charge in [-0.2, -0.15) is 0 Å². The van der Waals surface area contributed by atoms with E-state index in [2.05, 4.69) is 24.4 Å². The Labute approximate surface area is 109 Å². The van der Waals surface area contributed by atoms with Crippen LogP contribution in [0.4, 0.5) is 0 Å². The third-order valence-electron chi connectivity index (χ3n) is 3.34. The van der Waals surface area contributed by atoms with Gasteiger partial charge < -0.3 is 15.2 Å². The summed E-state index contributed by atoms with van der Waals surface area (Å²) in [6.45, 7) is 4.73. The molecule has 0 aromatic heterocycles. The molecule has 0 heterocycles. The molecule has 0 saturated heterocycles. The Morgan fingerprint density at radius 3 is 2.83 bits per heavy atom. The number of benzene rings is 1. The van der Waals surface area contributed by atoms with Gasteiger partial charge in [-0.1, -0.05) is 19.1 Å². The quantitative estimate of drug-likeness (QED) is 0.778. The predicted molar refractivity (Wildman–Crippen MR) is 73.0 cm³/mol. The molecule has 100 valence electrons. The van der Waals surface area contributed by atoms with Crippen molar-refractivity contribution in [1.82, 2.24) is 5.32 Å². The van der Waals surface area contributed by atoms with Crippen LogP contribution < -0.4 is 10.1 Å². The van der Waals surface area contributed by atoms with Crippen LogP contribution in [-0.4, -0.2) is 29.9 Å². The average molecular weight is 249 g/mol. The van der Waals surface area contributed by atoms with Gasteiger partial charge in [-0.3, -0.25) is 0 Å². The molecule has 18 heavy (non-hydrogen) atoms. The minimum absolute atomic E-state index is 0.0942. The molecule has 0 aliphatic heterocycles. The molecule has 1 atom stereocenters. The molecule has 1 unspecified atom stereocenters. The first-order valence-electron chi connectivity index (χ1n) is 6.75. The highest BCUT2D eigenvalue weighted by Gasteiger charge is 2.32. The topological polar surface area (TPSA) is 41.5 Å². The van der Waals surface area contributed by atoms with Crippen molar-refractivity contribution in [1.29, 1.82) is 0 Å². The summed E-state index contributed by atoms with van der Waals surface area (Å²) in [5.74, 6) is 0.881. The van der Waals surface area contributed by atoms with Crippen LogP contribution in [0.5, 0.6) is 5.75 Å².